The minimum absolute atomic E-state index is 0.0433. The zero-order valence-electron chi connectivity index (χ0n) is 13.8. The molecule has 1 heterocycles. The molecule has 0 amide bonds. The van der Waals surface area contributed by atoms with Crippen molar-refractivity contribution in [2.75, 3.05) is 0 Å². The van der Waals surface area contributed by atoms with E-state index in [0.717, 1.165) is 20.3 Å². The summed E-state index contributed by atoms with van der Waals surface area (Å²) in [6, 6.07) is 17.9. The first-order valence-electron chi connectivity index (χ1n) is 7.90. The lowest BCUT2D eigenvalue weighted by atomic mass is 10.2. The molecule has 26 heavy (non-hydrogen) atoms. The number of benzene rings is 2. The summed E-state index contributed by atoms with van der Waals surface area (Å²) < 4.78 is 2.19. The number of aliphatic hydroxyl groups is 4. The first-order valence-corrected chi connectivity index (χ1v) is 7.90. The highest BCUT2D eigenvalue weighted by Crippen LogP contribution is 2.01. The molecule has 0 saturated carbocycles. The van der Waals surface area contributed by atoms with E-state index < -0.39 is 17.6 Å². The van der Waals surface area contributed by atoms with Gasteiger partial charge in [0.15, 0.2) is 10.7 Å². The Labute approximate surface area is 148 Å². The summed E-state index contributed by atoms with van der Waals surface area (Å²) in [5.41, 5.74) is 0.903. The number of imidazole rings is 1. The highest BCUT2D eigenvalue weighted by atomic mass is 16.5. The van der Waals surface area contributed by atoms with Gasteiger partial charge < -0.3 is 20.4 Å². The highest BCUT2D eigenvalue weighted by Gasteiger charge is 2.17. The fourth-order valence-electron chi connectivity index (χ4n) is 2.87. The molecule has 3 rings (SSSR count). The van der Waals surface area contributed by atoms with E-state index >= 15 is 0 Å². The average Bonchev–Trinajstić information content (AvgIpc) is 2.90. The Morgan fingerprint density at radius 3 is 1.31 bits per heavy atom. The maximum Gasteiger partial charge on any atom is 0.330 e. The predicted octanol–water partition coefficient (Wildman–Crippen LogP) is 1.11. The Hall–Kier alpha value is -3.61. The van der Waals surface area contributed by atoms with Crippen molar-refractivity contribution in [3.63, 3.8) is 0 Å². The van der Waals surface area contributed by atoms with Gasteiger partial charge in [0.05, 0.1) is 13.1 Å². The summed E-state index contributed by atoms with van der Waals surface area (Å²) in [6.07, 6.45) is 0. The fourth-order valence-corrected chi connectivity index (χ4v) is 2.87. The van der Waals surface area contributed by atoms with Gasteiger partial charge in [-0.25, -0.2) is 4.79 Å². The minimum Gasteiger partial charge on any atom is -0.480 e. The lowest BCUT2D eigenvalue weighted by Gasteiger charge is -2.03. The second-order valence-electron chi connectivity index (χ2n) is 5.77. The Morgan fingerprint density at radius 2 is 1.00 bits per heavy atom. The van der Waals surface area contributed by atoms with Crippen molar-refractivity contribution in [1.29, 1.82) is 0 Å². The van der Waals surface area contributed by atoms with Crippen LogP contribution in [0.1, 0.15) is 11.1 Å². The Bertz CT molecular complexity index is 989. The predicted molar refractivity (Wildman–Crippen MR) is 96.4 cm³/mol. The SMILES string of the molecule is O=c1n(Cc2ccccc2)c(=C(O)O)c(=C(O)O)n1Cc1ccccc1. The number of hydrogen-bond acceptors (Lipinski definition) is 5. The van der Waals surface area contributed by atoms with Crippen molar-refractivity contribution < 1.29 is 20.4 Å². The molecule has 4 N–H and O–H groups in total. The van der Waals surface area contributed by atoms with Crippen LogP contribution < -0.4 is 16.4 Å². The van der Waals surface area contributed by atoms with E-state index in [1.54, 1.807) is 48.5 Å². The Balaban J connectivity index is 2.26. The largest absolute Gasteiger partial charge is 0.480 e. The topological polar surface area (TPSA) is 108 Å². The van der Waals surface area contributed by atoms with Gasteiger partial charge in [0, 0.05) is 0 Å². The standard InChI is InChI=1S/C19H18N2O5/c22-17(23)15-16(18(24)25)21(12-14-9-5-2-6-10-14)19(26)20(15)11-13-7-3-1-4-8-13/h1-10,22-25H,11-12H2. The molecule has 0 aliphatic carbocycles. The molecule has 0 fully saturated rings. The molecule has 0 bridgehead atoms. The maximum atomic E-state index is 12.9. The molecule has 0 spiro atoms. The van der Waals surface area contributed by atoms with Gasteiger partial charge in [-0.3, -0.25) is 9.13 Å². The van der Waals surface area contributed by atoms with Crippen LogP contribution >= 0.6 is 0 Å². The third-order valence-corrected chi connectivity index (χ3v) is 4.02. The molecule has 1 aromatic heterocycles. The molecule has 0 saturated heterocycles. The summed E-state index contributed by atoms with van der Waals surface area (Å²) in [5, 5.41) is 38.0. The van der Waals surface area contributed by atoms with Crippen LogP contribution in [0.25, 0.3) is 11.9 Å². The van der Waals surface area contributed by atoms with E-state index in [-0.39, 0.29) is 23.8 Å². The van der Waals surface area contributed by atoms with E-state index in [1.807, 2.05) is 12.1 Å². The van der Waals surface area contributed by atoms with Gasteiger partial charge >= 0.3 is 17.6 Å². The summed E-state index contributed by atoms with van der Waals surface area (Å²) >= 11 is 0. The van der Waals surface area contributed by atoms with Gasteiger partial charge in [0.2, 0.25) is 0 Å². The van der Waals surface area contributed by atoms with Crippen LogP contribution in [0, 0.1) is 0 Å². The highest BCUT2D eigenvalue weighted by molar-refractivity contribution is 5.29. The van der Waals surface area contributed by atoms with Gasteiger partial charge in [-0.15, -0.1) is 0 Å². The number of rotatable bonds is 4. The van der Waals surface area contributed by atoms with Crippen molar-refractivity contribution in [3.05, 3.63) is 93.0 Å². The van der Waals surface area contributed by atoms with E-state index in [2.05, 4.69) is 0 Å². The molecular weight excluding hydrogens is 336 g/mol. The van der Waals surface area contributed by atoms with Gasteiger partial charge in [-0.05, 0) is 11.1 Å². The lowest BCUT2D eigenvalue weighted by Crippen LogP contribution is -2.38. The zero-order chi connectivity index (χ0) is 18.7. The molecule has 134 valence electrons. The average molecular weight is 354 g/mol. The second kappa shape index (κ2) is 7.10. The van der Waals surface area contributed by atoms with E-state index in [1.165, 1.54) is 0 Å². The molecule has 0 aliphatic rings. The van der Waals surface area contributed by atoms with E-state index in [9.17, 15) is 25.2 Å². The first-order chi connectivity index (χ1) is 12.5. The van der Waals surface area contributed by atoms with Crippen LogP contribution in [-0.2, 0) is 13.1 Å². The van der Waals surface area contributed by atoms with Gasteiger partial charge in [0.1, 0.15) is 0 Å². The third-order valence-electron chi connectivity index (χ3n) is 4.02. The van der Waals surface area contributed by atoms with Crippen LogP contribution in [0.15, 0.2) is 65.5 Å². The minimum atomic E-state index is -1.17. The van der Waals surface area contributed by atoms with Crippen molar-refractivity contribution in [3.8, 4) is 0 Å². The molecule has 2 aromatic carbocycles. The third kappa shape index (κ3) is 3.27. The number of aromatic nitrogens is 2. The van der Waals surface area contributed by atoms with Crippen LogP contribution in [0.3, 0.4) is 0 Å². The van der Waals surface area contributed by atoms with Crippen LogP contribution in [0.5, 0.6) is 0 Å². The first kappa shape index (κ1) is 17.2. The number of aliphatic hydroxyl groups excluding tert-OH is 2. The molecular formula is C19H18N2O5. The normalized spacial score (nSPS) is 10.6. The molecule has 7 heteroatoms. The van der Waals surface area contributed by atoms with Gasteiger partial charge in [0.25, 0.3) is 0 Å². The Kier molecular flexibility index (Phi) is 4.70. The monoisotopic (exact) mass is 354 g/mol. The van der Waals surface area contributed by atoms with E-state index in [4.69, 9.17) is 0 Å². The Morgan fingerprint density at radius 1 is 0.654 bits per heavy atom. The summed E-state index contributed by atoms with van der Waals surface area (Å²) in [4.78, 5) is 12.9. The molecule has 0 atom stereocenters. The zero-order valence-corrected chi connectivity index (χ0v) is 13.8. The molecule has 0 unspecified atom stereocenters. The molecule has 0 aliphatic heterocycles. The van der Waals surface area contributed by atoms with Crippen molar-refractivity contribution in [2.24, 2.45) is 0 Å². The van der Waals surface area contributed by atoms with Crippen LogP contribution in [-0.4, -0.2) is 29.6 Å². The van der Waals surface area contributed by atoms with E-state index in [0.29, 0.717) is 0 Å². The lowest BCUT2D eigenvalue weighted by molar-refractivity contribution is 0.283. The van der Waals surface area contributed by atoms with Crippen LogP contribution in [0.4, 0.5) is 0 Å². The molecule has 3 aromatic rings. The molecule has 0 radical (unpaired) electrons. The summed E-state index contributed by atoms with van der Waals surface area (Å²) in [5.74, 6) is -2.33. The fraction of sp³-hybridized carbons (Fsp3) is 0.105. The maximum absolute atomic E-state index is 12.9. The summed E-state index contributed by atoms with van der Waals surface area (Å²) in [7, 11) is 0. The quantitative estimate of drug-likeness (QED) is 0.561. The van der Waals surface area contributed by atoms with Crippen molar-refractivity contribution in [2.45, 2.75) is 13.1 Å². The van der Waals surface area contributed by atoms with Crippen molar-refractivity contribution >= 4 is 11.9 Å². The smallest absolute Gasteiger partial charge is 0.330 e. The summed E-state index contributed by atoms with van der Waals surface area (Å²) in [6.45, 7) is 0.0867. The number of nitrogens with zero attached hydrogens (tertiary/aromatic N) is 2. The van der Waals surface area contributed by atoms with Crippen LogP contribution in [0.2, 0.25) is 0 Å². The van der Waals surface area contributed by atoms with Crippen molar-refractivity contribution in [1.82, 2.24) is 9.13 Å². The van der Waals surface area contributed by atoms with Gasteiger partial charge in [-0.2, -0.15) is 0 Å². The second-order valence-corrected chi connectivity index (χ2v) is 5.77. The number of hydrogen-bond donors (Lipinski definition) is 4. The molecule has 7 nitrogen and oxygen atoms in total. The van der Waals surface area contributed by atoms with Gasteiger partial charge in [-0.1, -0.05) is 60.7 Å².